The van der Waals surface area contributed by atoms with Gasteiger partial charge >= 0.3 is 5.76 Å². The molecule has 1 aliphatic heterocycles. The number of halogens is 3. The highest BCUT2D eigenvalue weighted by atomic mass is 79.9. The lowest BCUT2D eigenvalue weighted by Crippen LogP contribution is -2.39. The summed E-state index contributed by atoms with van der Waals surface area (Å²) < 4.78 is 56.6. The van der Waals surface area contributed by atoms with Crippen LogP contribution in [0.3, 0.4) is 0 Å². The van der Waals surface area contributed by atoms with E-state index in [1.54, 1.807) is 17.0 Å². The summed E-state index contributed by atoms with van der Waals surface area (Å²) in [5, 5.41) is 0. The molecule has 2 aromatic carbocycles. The summed E-state index contributed by atoms with van der Waals surface area (Å²) in [6, 6.07) is 13.5. The maximum atomic E-state index is 13.0. The number of ether oxygens (including phenoxy) is 1. The summed E-state index contributed by atoms with van der Waals surface area (Å²) in [4.78, 5) is 1.44. The van der Waals surface area contributed by atoms with Crippen molar-refractivity contribution in [3.05, 3.63) is 58.6 Å². The van der Waals surface area contributed by atoms with Crippen molar-refractivity contribution in [1.82, 2.24) is 0 Å². The number of hydrogen-bond acceptors (Lipinski definition) is 4. The van der Waals surface area contributed by atoms with E-state index in [2.05, 4.69) is 15.9 Å². The summed E-state index contributed by atoms with van der Waals surface area (Å²) in [6.45, 7) is 1.20. The lowest BCUT2D eigenvalue weighted by molar-refractivity contribution is 0.0396. The first-order chi connectivity index (χ1) is 11.9. The molecule has 0 saturated carbocycles. The number of rotatable bonds is 4. The molecule has 0 amide bonds. The molecule has 1 atom stereocenters. The summed E-state index contributed by atoms with van der Waals surface area (Å²) in [5.41, 5.74) is 1.23. The number of benzene rings is 2. The summed E-state index contributed by atoms with van der Waals surface area (Å²) in [5.74, 6) is -3.45. The second kappa shape index (κ2) is 7.39. The molecule has 4 nitrogen and oxygen atoms in total. The maximum Gasteiger partial charge on any atom is 0.341 e. The average Bonchev–Trinajstić information content (AvgIpc) is 2.62. The quantitative estimate of drug-likeness (QED) is 0.733. The Morgan fingerprint density at radius 1 is 1.12 bits per heavy atom. The molecule has 1 aliphatic rings. The average molecular weight is 432 g/mol. The zero-order valence-corrected chi connectivity index (χ0v) is 15.5. The molecule has 0 N–H and O–H groups in total. The van der Waals surface area contributed by atoms with Crippen LogP contribution in [0.15, 0.2) is 57.9 Å². The summed E-state index contributed by atoms with van der Waals surface area (Å²) >= 11 is 3.37. The molecular weight excluding hydrogens is 416 g/mol. The maximum absolute atomic E-state index is 13.0. The van der Waals surface area contributed by atoms with Crippen molar-refractivity contribution in [2.45, 2.75) is 16.8 Å². The Bertz CT molecular complexity index is 843. The van der Waals surface area contributed by atoms with Crippen molar-refractivity contribution < 1.29 is 21.9 Å². The van der Waals surface area contributed by atoms with E-state index in [9.17, 15) is 17.2 Å². The highest BCUT2D eigenvalue weighted by Gasteiger charge is 2.32. The largest absolute Gasteiger partial charge is 0.370 e. The Morgan fingerprint density at radius 3 is 2.48 bits per heavy atom. The fraction of sp³-hybridized carbons (Fsp3) is 0.294. The zero-order chi connectivity index (χ0) is 18.0. The molecule has 1 unspecified atom stereocenters. The molecule has 1 heterocycles. The number of anilines is 1. The van der Waals surface area contributed by atoms with Crippen molar-refractivity contribution in [3.63, 3.8) is 0 Å². The van der Waals surface area contributed by atoms with E-state index >= 15 is 0 Å². The van der Waals surface area contributed by atoms with Gasteiger partial charge in [-0.05, 0) is 29.8 Å². The third-order valence-electron chi connectivity index (χ3n) is 4.06. The molecule has 1 fully saturated rings. The summed E-state index contributed by atoms with van der Waals surface area (Å²) in [7, 11) is -4.67. The molecule has 0 radical (unpaired) electrons. The Balaban J connectivity index is 1.91. The van der Waals surface area contributed by atoms with Gasteiger partial charge in [-0.2, -0.15) is 8.78 Å². The van der Waals surface area contributed by atoms with Gasteiger partial charge in [0.2, 0.25) is 9.84 Å². The SMILES string of the molecule is O=S(=O)(c1ccccc1N1CCOC(c2ccc(Br)cc2)C1)C(F)F. The molecule has 2 aromatic rings. The Hall–Kier alpha value is -1.51. The van der Waals surface area contributed by atoms with Crippen LogP contribution < -0.4 is 4.90 Å². The standard InChI is InChI=1S/C17H16BrF2NO3S/c18-13-7-5-12(6-8-13)15-11-21(9-10-24-15)14-3-1-2-4-16(14)25(22,23)17(19)20/h1-8,15,17H,9-11H2. The number of sulfone groups is 1. The highest BCUT2D eigenvalue weighted by molar-refractivity contribution is 9.10. The van der Waals surface area contributed by atoms with Crippen LogP contribution in [-0.2, 0) is 14.6 Å². The van der Waals surface area contributed by atoms with Gasteiger partial charge in [0, 0.05) is 17.6 Å². The monoisotopic (exact) mass is 431 g/mol. The molecule has 0 aromatic heterocycles. The lowest BCUT2D eigenvalue weighted by Gasteiger charge is -2.35. The van der Waals surface area contributed by atoms with Gasteiger partial charge < -0.3 is 9.64 Å². The summed E-state index contributed by atoms with van der Waals surface area (Å²) in [6.07, 6.45) is -0.260. The number of morpholine rings is 1. The van der Waals surface area contributed by atoms with E-state index < -0.39 is 15.6 Å². The van der Waals surface area contributed by atoms with Crippen LogP contribution >= 0.6 is 15.9 Å². The fourth-order valence-corrected chi connectivity index (χ4v) is 4.02. The number of para-hydroxylation sites is 1. The van der Waals surface area contributed by atoms with Crippen LogP contribution in [0.25, 0.3) is 0 Å². The third-order valence-corrected chi connectivity index (χ3v) is 6.01. The second-order valence-corrected chi connectivity index (χ2v) is 8.43. The van der Waals surface area contributed by atoms with Crippen LogP contribution in [0.4, 0.5) is 14.5 Å². The van der Waals surface area contributed by atoms with Crippen LogP contribution in [0.1, 0.15) is 11.7 Å². The van der Waals surface area contributed by atoms with Gasteiger partial charge in [0.05, 0.1) is 17.2 Å². The van der Waals surface area contributed by atoms with E-state index in [0.717, 1.165) is 10.0 Å². The van der Waals surface area contributed by atoms with Crippen LogP contribution in [0.2, 0.25) is 0 Å². The van der Waals surface area contributed by atoms with Crippen molar-refractivity contribution in [2.24, 2.45) is 0 Å². The van der Waals surface area contributed by atoms with E-state index in [1.807, 2.05) is 24.3 Å². The Morgan fingerprint density at radius 2 is 1.80 bits per heavy atom. The Kier molecular flexibility index (Phi) is 5.41. The van der Waals surface area contributed by atoms with Gasteiger partial charge in [-0.1, -0.05) is 40.2 Å². The first-order valence-electron chi connectivity index (χ1n) is 7.62. The van der Waals surface area contributed by atoms with E-state index in [1.165, 1.54) is 12.1 Å². The molecule has 0 spiro atoms. The van der Waals surface area contributed by atoms with E-state index in [-0.39, 0.29) is 16.7 Å². The first-order valence-corrected chi connectivity index (χ1v) is 9.96. The minimum absolute atomic E-state index is 0.260. The zero-order valence-electron chi connectivity index (χ0n) is 13.1. The molecule has 3 rings (SSSR count). The van der Waals surface area contributed by atoms with Gasteiger partial charge in [-0.15, -0.1) is 0 Å². The normalized spacial score (nSPS) is 18.6. The molecule has 134 valence electrons. The molecule has 0 aliphatic carbocycles. The van der Waals surface area contributed by atoms with Crippen LogP contribution in [0, 0.1) is 0 Å². The molecule has 8 heteroatoms. The minimum Gasteiger partial charge on any atom is -0.370 e. The Labute approximate surface area is 153 Å². The predicted octanol–water partition coefficient (Wildman–Crippen LogP) is 4.02. The molecule has 0 bridgehead atoms. The number of nitrogens with zero attached hydrogens (tertiary/aromatic N) is 1. The van der Waals surface area contributed by atoms with Crippen molar-refractivity contribution in [2.75, 3.05) is 24.6 Å². The third kappa shape index (κ3) is 3.86. The van der Waals surface area contributed by atoms with Gasteiger partial charge in [-0.3, -0.25) is 0 Å². The lowest BCUT2D eigenvalue weighted by atomic mass is 10.1. The van der Waals surface area contributed by atoms with Crippen LogP contribution in [0.5, 0.6) is 0 Å². The first kappa shape index (κ1) is 18.3. The topological polar surface area (TPSA) is 46.6 Å². The van der Waals surface area contributed by atoms with Crippen LogP contribution in [-0.4, -0.2) is 33.9 Å². The smallest absolute Gasteiger partial charge is 0.341 e. The van der Waals surface area contributed by atoms with Gasteiger partial charge in [0.15, 0.2) is 0 Å². The van der Waals surface area contributed by atoms with Gasteiger partial charge in [0.25, 0.3) is 0 Å². The number of hydrogen-bond donors (Lipinski definition) is 0. The predicted molar refractivity (Wildman–Crippen MR) is 94.7 cm³/mol. The van der Waals surface area contributed by atoms with Crippen molar-refractivity contribution in [3.8, 4) is 0 Å². The highest BCUT2D eigenvalue weighted by Crippen LogP contribution is 2.33. The van der Waals surface area contributed by atoms with E-state index in [4.69, 9.17) is 4.74 Å². The second-order valence-electron chi connectivity index (χ2n) is 5.63. The number of alkyl halides is 2. The van der Waals surface area contributed by atoms with Gasteiger partial charge in [0.1, 0.15) is 6.10 Å². The van der Waals surface area contributed by atoms with E-state index in [0.29, 0.717) is 19.7 Å². The molecular formula is C17H16BrF2NO3S. The minimum atomic E-state index is -4.67. The van der Waals surface area contributed by atoms with Crippen molar-refractivity contribution in [1.29, 1.82) is 0 Å². The van der Waals surface area contributed by atoms with Gasteiger partial charge in [-0.25, -0.2) is 8.42 Å². The molecule has 25 heavy (non-hydrogen) atoms. The molecule has 1 saturated heterocycles. The fourth-order valence-electron chi connectivity index (χ4n) is 2.80. The van der Waals surface area contributed by atoms with Crippen molar-refractivity contribution >= 4 is 31.5 Å².